The highest BCUT2D eigenvalue weighted by atomic mass is 35.5. The van der Waals surface area contributed by atoms with Crippen molar-refractivity contribution in [1.82, 2.24) is 5.32 Å². The van der Waals surface area contributed by atoms with E-state index in [9.17, 15) is 4.79 Å². The molecule has 1 aliphatic rings. The van der Waals surface area contributed by atoms with Crippen molar-refractivity contribution in [3.05, 3.63) is 23.1 Å². The summed E-state index contributed by atoms with van der Waals surface area (Å²) in [6.45, 7) is 0.608. The molecule has 0 bridgehead atoms. The van der Waals surface area contributed by atoms with Gasteiger partial charge in [0, 0.05) is 17.8 Å². The Hall–Kier alpha value is -0.670. The predicted molar refractivity (Wildman–Crippen MR) is 67.7 cm³/mol. The molecule has 1 N–H and O–H groups in total. The van der Waals surface area contributed by atoms with Gasteiger partial charge in [-0.2, -0.15) is 0 Å². The van der Waals surface area contributed by atoms with E-state index in [1.54, 1.807) is 6.07 Å². The van der Waals surface area contributed by atoms with E-state index in [4.69, 9.17) is 27.6 Å². The Labute approximate surface area is 110 Å². The largest absolute Gasteiger partial charge is 0.452 e. The number of amides is 1. The van der Waals surface area contributed by atoms with Crippen LogP contribution in [0.15, 0.2) is 16.7 Å². The minimum absolute atomic E-state index is 0.0629. The van der Waals surface area contributed by atoms with Crippen LogP contribution >= 0.6 is 23.2 Å². The van der Waals surface area contributed by atoms with E-state index in [1.165, 1.54) is 19.1 Å². The number of halogens is 2. The van der Waals surface area contributed by atoms with Gasteiger partial charge >= 0.3 is 0 Å². The lowest BCUT2D eigenvalue weighted by Crippen LogP contribution is -2.37. The first-order valence-electron chi connectivity index (χ1n) is 5.74. The summed E-state index contributed by atoms with van der Waals surface area (Å²) in [7, 11) is 0. The fourth-order valence-corrected chi connectivity index (χ4v) is 2.86. The first-order chi connectivity index (χ1) is 8.17. The zero-order chi connectivity index (χ0) is 12.3. The monoisotopic (exact) mass is 275 g/mol. The number of alkyl halides is 1. The Bertz CT molecular complexity index is 397. The standard InChI is InChI=1S/C12H15Cl2NO2/c13-7-12(4-1-2-5-12)8-15-11(16)9-3-6-17-10(9)14/h3,6H,1-2,4-5,7-8H2,(H,15,16). The van der Waals surface area contributed by atoms with E-state index in [-0.39, 0.29) is 16.5 Å². The van der Waals surface area contributed by atoms with E-state index in [2.05, 4.69) is 5.32 Å². The summed E-state index contributed by atoms with van der Waals surface area (Å²) in [4.78, 5) is 11.8. The smallest absolute Gasteiger partial charge is 0.256 e. The molecule has 0 unspecified atom stereocenters. The first kappa shape index (κ1) is 12.8. The van der Waals surface area contributed by atoms with E-state index in [0.717, 1.165) is 12.8 Å². The molecule has 94 valence electrons. The lowest BCUT2D eigenvalue weighted by Gasteiger charge is -2.26. The molecule has 17 heavy (non-hydrogen) atoms. The van der Waals surface area contributed by atoms with E-state index in [0.29, 0.717) is 18.0 Å². The fraction of sp³-hybridized carbons (Fsp3) is 0.583. The van der Waals surface area contributed by atoms with Crippen molar-refractivity contribution in [2.24, 2.45) is 5.41 Å². The summed E-state index contributed by atoms with van der Waals surface area (Å²) in [5.41, 5.74) is 0.447. The molecular formula is C12H15Cl2NO2. The lowest BCUT2D eigenvalue weighted by molar-refractivity contribution is 0.0934. The average Bonchev–Trinajstić information content (AvgIpc) is 2.95. The Balaban J connectivity index is 1.94. The average molecular weight is 276 g/mol. The molecule has 1 amide bonds. The lowest BCUT2D eigenvalue weighted by atomic mass is 9.88. The van der Waals surface area contributed by atoms with Gasteiger partial charge in [-0.05, 0) is 30.5 Å². The number of rotatable bonds is 4. The van der Waals surface area contributed by atoms with Crippen molar-refractivity contribution in [3.8, 4) is 0 Å². The van der Waals surface area contributed by atoms with Crippen molar-refractivity contribution in [2.75, 3.05) is 12.4 Å². The summed E-state index contributed by atoms with van der Waals surface area (Å²) >= 11 is 11.8. The van der Waals surface area contributed by atoms with Crippen LogP contribution in [0.4, 0.5) is 0 Å². The highest BCUT2D eigenvalue weighted by Crippen LogP contribution is 2.38. The van der Waals surface area contributed by atoms with E-state index in [1.807, 2.05) is 0 Å². The van der Waals surface area contributed by atoms with Crippen molar-refractivity contribution >= 4 is 29.1 Å². The van der Waals surface area contributed by atoms with Crippen LogP contribution in [0.5, 0.6) is 0 Å². The molecule has 0 aromatic carbocycles. The van der Waals surface area contributed by atoms with Crippen LogP contribution < -0.4 is 5.32 Å². The topological polar surface area (TPSA) is 42.2 Å². The Morgan fingerprint density at radius 1 is 1.47 bits per heavy atom. The van der Waals surface area contributed by atoms with Gasteiger partial charge in [0.05, 0.1) is 11.8 Å². The number of carbonyl (C=O) groups excluding carboxylic acids is 1. The predicted octanol–water partition coefficient (Wildman–Crippen LogP) is 3.46. The number of furan rings is 1. The van der Waals surface area contributed by atoms with Gasteiger partial charge in [0.15, 0.2) is 0 Å². The SMILES string of the molecule is O=C(NCC1(CCl)CCCC1)c1ccoc1Cl. The zero-order valence-electron chi connectivity index (χ0n) is 9.47. The van der Waals surface area contributed by atoms with Crippen LogP contribution in [0.1, 0.15) is 36.0 Å². The van der Waals surface area contributed by atoms with Crippen LogP contribution in [-0.2, 0) is 0 Å². The number of hydrogen-bond donors (Lipinski definition) is 1. The summed E-state index contributed by atoms with van der Waals surface area (Å²) in [6, 6.07) is 1.57. The molecule has 0 spiro atoms. The van der Waals surface area contributed by atoms with Crippen molar-refractivity contribution in [2.45, 2.75) is 25.7 Å². The quantitative estimate of drug-likeness (QED) is 0.856. The maximum atomic E-state index is 11.8. The molecule has 0 saturated heterocycles. The first-order valence-corrected chi connectivity index (χ1v) is 6.65. The molecular weight excluding hydrogens is 261 g/mol. The molecule has 1 saturated carbocycles. The highest BCUT2D eigenvalue weighted by Gasteiger charge is 2.33. The van der Waals surface area contributed by atoms with Crippen LogP contribution in [-0.4, -0.2) is 18.3 Å². The van der Waals surface area contributed by atoms with Gasteiger partial charge in [-0.15, -0.1) is 11.6 Å². The molecule has 1 aromatic heterocycles. The van der Waals surface area contributed by atoms with Gasteiger partial charge in [0.1, 0.15) is 0 Å². The summed E-state index contributed by atoms with van der Waals surface area (Å²) in [5, 5.41) is 3.02. The van der Waals surface area contributed by atoms with Gasteiger partial charge < -0.3 is 9.73 Å². The van der Waals surface area contributed by atoms with Crippen LogP contribution in [0.3, 0.4) is 0 Å². The second kappa shape index (κ2) is 5.32. The van der Waals surface area contributed by atoms with Gasteiger partial charge in [0.2, 0.25) is 5.22 Å². The van der Waals surface area contributed by atoms with Crippen LogP contribution in [0, 0.1) is 5.41 Å². The van der Waals surface area contributed by atoms with Crippen LogP contribution in [0.2, 0.25) is 5.22 Å². The van der Waals surface area contributed by atoms with Crippen molar-refractivity contribution in [1.29, 1.82) is 0 Å². The molecule has 0 atom stereocenters. The van der Waals surface area contributed by atoms with E-state index < -0.39 is 0 Å². The maximum absolute atomic E-state index is 11.8. The molecule has 0 radical (unpaired) electrons. The van der Waals surface area contributed by atoms with Crippen molar-refractivity contribution in [3.63, 3.8) is 0 Å². The summed E-state index contributed by atoms with van der Waals surface area (Å²) in [6.07, 6.45) is 5.94. The van der Waals surface area contributed by atoms with Gasteiger partial charge in [0.25, 0.3) is 5.91 Å². The normalized spacial score (nSPS) is 18.2. The van der Waals surface area contributed by atoms with Gasteiger partial charge in [-0.25, -0.2) is 0 Å². The van der Waals surface area contributed by atoms with E-state index >= 15 is 0 Å². The molecule has 3 nitrogen and oxygen atoms in total. The third-order valence-corrected chi connectivity index (χ3v) is 4.29. The Kier molecular flexibility index (Phi) is 4.00. The number of nitrogens with one attached hydrogen (secondary N) is 1. The third kappa shape index (κ3) is 2.78. The Morgan fingerprint density at radius 3 is 2.71 bits per heavy atom. The molecule has 1 aromatic rings. The highest BCUT2D eigenvalue weighted by molar-refractivity contribution is 6.32. The minimum atomic E-state index is -0.194. The maximum Gasteiger partial charge on any atom is 0.256 e. The molecule has 0 aliphatic heterocycles. The van der Waals surface area contributed by atoms with Crippen LogP contribution in [0.25, 0.3) is 0 Å². The molecule has 2 rings (SSSR count). The fourth-order valence-electron chi connectivity index (χ4n) is 2.30. The Morgan fingerprint density at radius 2 is 2.18 bits per heavy atom. The number of carbonyl (C=O) groups is 1. The third-order valence-electron chi connectivity index (χ3n) is 3.43. The molecule has 1 heterocycles. The number of hydrogen-bond acceptors (Lipinski definition) is 2. The zero-order valence-corrected chi connectivity index (χ0v) is 11.0. The second-order valence-corrected chi connectivity index (χ2v) is 5.24. The second-order valence-electron chi connectivity index (χ2n) is 4.63. The molecule has 5 heteroatoms. The van der Waals surface area contributed by atoms with Crippen molar-refractivity contribution < 1.29 is 9.21 Å². The van der Waals surface area contributed by atoms with Gasteiger partial charge in [-0.3, -0.25) is 4.79 Å². The summed E-state index contributed by atoms with van der Waals surface area (Å²) in [5.74, 6) is 0.395. The van der Waals surface area contributed by atoms with Gasteiger partial charge in [-0.1, -0.05) is 12.8 Å². The minimum Gasteiger partial charge on any atom is -0.452 e. The molecule has 1 aliphatic carbocycles. The summed E-state index contributed by atoms with van der Waals surface area (Å²) < 4.78 is 4.89. The molecule has 1 fully saturated rings.